The molecule has 1 atom stereocenters. The monoisotopic (exact) mass is 346 g/mol. The number of nitrogens with zero attached hydrogens (tertiary/aromatic N) is 1. The summed E-state index contributed by atoms with van der Waals surface area (Å²) in [6.07, 6.45) is 1.99. The van der Waals surface area contributed by atoms with Crippen LogP contribution in [0.25, 0.3) is 0 Å². The maximum Gasteiger partial charge on any atom is 0.355 e. The van der Waals surface area contributed by atoms with E-state index in [1.165, 1.54) is 19.8 Å². The summed E-state index contributed by atoms with van der Waals surface area (Å²) in [4.78, 5) is 26.0. The standard InChI is InChI=1S/C18H22N2O5/c1-11-4-5-12-8-13(6-7-15(12)19-11)20-10-25-9-14(17(21)23-2)16(20)18(22)24-3/h6-8,11,19H,4-5,9-10H2,1-3H3. The number of ether oxygens (including phenoxy) is 3. The molecule has 25 heavy (non-hydrogen) atoms. The SMILES string of the molecule is COC(=O)C1=C(C(=O)OC)N(c2ccc3c(c2)CCC(C)N3)COC1. The minimum atomic E-state index is -0.599. The average Bonchev–Trinajstić information content (AvgIpc) is 2.65. The van der Waals surface area contributed by atoms with Gasteiger partial charge in [0.15, 0.2) is 0 Å². The first kappa shape index (κ1) is 17.3. The number of anilines is 2. The lowest BCUT2D eigenvalue weighted by Gasteiger charge is -2.32. The van der Waals surface area contributed by atoms with E-state index in [2.05, 4.69) is 12.2 Å². The molecule has 0 aliphatic carbocycles. The number of fused-ring (bicyclic) bond motifs is 1. The zero-order valence-electron chi connectivity index (χ0n) is 14.6. The van der Waals surface area contributed by atoms with Gasteiger partial charge in [0.1, 0.15) is 12.4 Å². The van der Waals surface area contributed by atoms with Crippen molar-refractivity contribution in [2.45, 2.75) is 25.8 Å². The van der Waals surface area contributed by atoms with Crippen LogP contribution >= 0.6 is 0 Å². The van der Waals surface area contributed by atoms with Gasteiger partial charge in [-0.05, 0) is 43.5 Å². The first-order chi connectivity index (χ1) is 12.0. The summed E-state index contributed by atoms with van der Waals surface area (Å²) < 4.78 is 15.2. The van der Waals surface area contributed by atoms with Crippen molar-refractivity contribution in [3.05, 3.63) is 35.0 Å². The van der Waals surface area contributed by atoms with E-state index in [0.717, 1.165) is 24.2 Å². The van der Waals surface area contributed by atoms with Gasteiger partial charge >= 0.3 is 11.9 Å². The summed E-state index contributed by atoms with van der Waals surface area (Å²) in [5.74, 6) is -1.19. The number of aryl methyl sites for hydroxylation is 1. The molecule has 0 saturated carbocycles. The van der Waals surface area contributed by atoms with Gasteiger partial charge in [0, 0.05) is 17.4 Å². The Morgan fingerprint density at radius 3 is 2.72 bits per heavy atom. The van der Waals surface area contributed by atoms with Crippen molar-refractivity contribution in [1.82, 2.24) is 0 Å². The maximum absolute atomic E-state index is 12.3. The van der Waals surface area contributed by atoms with Crippen LogP contribution in [0.2, 0.25) is 0 Å². The van der Waals surface area contributed by atoms with Gasteiger partial charge in [-0.3, -0.25) is 0 Å². The van der Waals surface area contributed by atoms with E-state index in [1.807, 2.05) is 18.2 Å². The first-order valence-corrected chi connectivity index (χ1v) is 8.19. The number of carbonyl (C=O) groups excluding carboxylic acids is 2. The van der Waals surface area contributed by atoms with Crippen molar-refractivity contribution in [2.75, 3.05) is 37.8 Å². The van der Waals surface area contributed by atoms with E-state index in [4.69, 9.17) is 14.2 Å². The van der Waals surface area contributed by atoms with Gasteiger partial charge in [-0.15, -0.1) is 0 Å². The first-order valence-electron chi connectivity index (χ1n) is 8.19. The minimum absolute atomic E-state index is 0.0115. The molecule has 7 heteroatoms. The summed E-state index contributed by atoms with van der Waals surface area (Å²) in [5, 5.41) is 3.44. The van der Waals surface area contributed by atoms with E-state index in [0.29, 0.717) is 6.04 Å². The Hall–Kier alpha value is -2.54. The molecule has 1 N–H and O–H groups in total. The molecule has 1 unspecified atom stereocenters. The number of esters is 2. The van der Waals surface area contributed by atoms with E-state index >= 15 is 0 Å². The lowest BCUT2D eigenvalue weighted by molar-refractivity contribution is -0.140. The lowest BCUT2D eigenvalue weighted by atomic mass is 9.98. The predicted molar refractivity (Wildman–Crippen MR) is 92.2 cm³/mol. The van der Waals surface area contributed by atoms with Crippen LogP contribution in [0.5, 0.6) is 0 Å². The van der Waals surface area contributed by atoms with Gasteiger partial charge in [0.25, 0.3) is 0 Å². The molecule has 0 spiro atoms. The van der Waals surface area contributed by atoms with Gasteiger partial charge in [0.05, 0.1) is 26.4 Å². The van der Waals surface area contributed by atoms with Crippen molar-refractivity contribution < 1.29 is 23.8 Å². The summed E-state index contributed by atoms with van der Waals surface area (Å²) in [5.41, 5.74) is 3.36. The molecule has 0 radical (unpaired) electrons. The highest BCUT2D eigenvalue weighted by molar-refractivity contribution is 6.03. The second-order valence-corrected chi connectivity index (χ2v) is 6.14. The molecule has 134 valence electrons. The van der Waals surface area contributed by atoms with Gasteiger partial charge < -0.3 is 24.4 Å². The quantitative estimate of drug-likeness (QED) is 0.837. The number of rotatable bonds is 3. The van der Waals surface area contributed by atoms with Crippen LogP contribution in [-0.2, 0) is 30.2 Å². The van der Waals surface area contributed by atoms with Crippen LogP contribution in [0.15, 0.2) is 29.5 Å². The van der Waals surface area contributed by atoms with Crippen LogP contribution in [-0.4, -0.2) is 45.5 Å². The number of nitrogens with one attached hydrogen (secondary N) is 1. The number of carbonyl (C=O) groups is 2. The van der Waals surface area contributed by atoms with Crippen LogP contribution in [0.4, 0.5) is 11.4 Å². The molecule has 1 aromatic carbocycles. The van der Waals surface area contributed by atoms with E-state index in [9.17, 15) is 9.59 Å². The lowest BCUT2D eigenvalue weighted by Crippen LogP contribution is -2.39. The van der Waals surface area contributed by atoms with Crippen molar-refractivity contribution in [2.24, 2.45) is 0 Å². The molecule has 0 bridgehead atoms. The van der Waals surface area contributed by atoms with Crippen molar-refractivity contribution in [3.8, 4) is 0 Å². The average molecular weight is 346 g/mol. The molecule has 0 saturated heterocycles. The third-order valence-corrected chi connectivity index (χ3v) is 4.48. The largest absolute Gasteiger partial charge is 0.466 e. The Morgan fingerprint density at radius 2 is 2.00 bits per heavy atom. The molecular formula is C18H22N2O5. The smallest absolute Gasteiger partial charge is 0.355 e. The molecule has 2 aliphatic rings. The zero-order valence-corrected chi connectivity index (χ0v) is 14.6. The second-order valence-electron chi connectivity index (χ2n) is 6.14. The zero-order chi connectivity index (χ0) is 18.0. The van der Waals surface area contributed by atoms with Gasteiger partial charge in [-0.25, -0.2) is 9.59 Å². The Balaban J connectivity index is 2.02. The van der Waals surface area contributed by atoms with Crippen molar-refractivity contribution in [1.29, 1.82) is 0 Å². The fourth-order valence-electron chi connectivity index (χ4n) is 3.15. The predicted octanol–water partition coefficient (Wildman–Crippen LogP) is 1.83. The van der Waals surface area contributed by atoms with Gasteiger partial charge in [-0.1, -0.05) is 0 Å². The molecule has 7 nitrogen and oxygen atoms in total. The Morgan fingerprint density at radius 1 is 1.24 bits per heavy atom. The third kappa shape index (κ3) is 3.32. The molecular weight excluding hydrogens is 324 g/mol. The van der Waals surface area contributed by atoms with Gasteiger partial charge in [0.2, 0.25) is 0 Å². The molecule has 2 heterocycles. The van der Waals surface area contributed by atoms with Crippen molar-refractivity contribution >= 4 is 23.3 Å². The number of methoxy groups -OCH3 is 2. The molecule has 0 fully saturated rings. The van der Waals surface area contributed by atoms with E-state index in [-0.39, 0.29) is 24.6 Å². The molecule has 0 aromatic heterocycles. The molecule has 2 aliphatic heterocycles. The summed E-state index contributed by atoms with van der Waals surface area (Å²) in [6, 6.07) is 6.34. The summed E-state index contributed by atoms with van der Waals surface area (Å²) in [6.45, 7) is 2.32. The molecule has 3 rings (SSSR count). The number of hydrogen-bond acceptors (Lipinski definition) is 7. The Kier molecular flexibility index (Phi) is 4.94. The molecule has 1 aromatic rings. The summed E-state index contributed by atoms with van der Waals surface area (Å²) in [7, 11) is 2.56. The molecule has 0 amide bonds. The van der Waals surface area contributed by atoms with Crippen LogP contribution in [0.1, 0.15) is 18.9 Å². The minimum Gasteiger partial charge on any atom is -0.466 e. The normalized spacial score (nSPS) is 19.8. The Bertz CT molecular complexity index is 728. The highest BCUT2D eigenvalue weighted by atomic mass is 16.5. The second kappa shape index (κ2) is 7.14. The fourth-order valence-corrected chi connectivity index (χ4v) is 3.15. The van der Waals surface area contributed by atoms with E-state index < -0.39 is 11.9 Å². The fraction of sp³-hybridized carbons (Fsp3) is 0.444. The number of hydrogen-bond donors (Lipinski definition) is 1. The van der Waals surface area contributed by atoms with Crippen LogP contribution in [0.3, 0.4) is 0 Å². The highest BCUT2D eigenvalue weighted by Crippen LogP contribution is 2.32. The third-order valence-electron chi connectivity index (χ3n) is 4.48. The topological polar surface area (TPSA) is 77.1 Å². The highest BCUT2D eigenvalue weighted by Gasteiger charge is 2.32. The van der Waals surface area contributed by atoms with Gasteiger partial charge in [-0.2, -0.15) is 0 Å². The Labute approximate surface area is 146 Å². The van der Waals surface area contributed by atoms with Crippen LogP contribution < -0.4 is 10.2 Å². The summed E-state index contributed by atoms with van der Waals surface area (Å²) >= 11 is 0. The van der Waals surface area contributed by atoms with E-state index in [1.54, 1.807) is 4.90 Å². The number of benzene rings is 1. The van der Waals surface area contributed by atoms with Crippen molar-refractivity contribution in [3.63, 3.8) is 0 Å². The maximum atomic E-state index is 12.3. The van der Waals surface area contributed by atoms with Crippen LogP contribution in [0, 0.1) is 0 Å².